The van der Waals surface area contributed by atoms with Gasteiger partial charge in [-0.25, -0.2) is 0 Å². The van der Waals surface area contributed by atoms with Gasteiger partial charge >= 0.3 is 5.97 Å². The van der Waals surface area contributed by atoms with E-state index in [1.54, 1.807) is 0 Å². The Hall–Kier alpha value is -3.15. The molecule has 2 rings (SSSR count). The van der Waals surface area contributed by atoms with Crippen molar-refractivity contribution in [3.63, 3.8) is 0 Å². The van der Waals surface area contributed by atoms with Crippen LogP contribution in [0.4, 0.5) is 5.69 Å². The first kappa shape index (κ1) is 21.2. The summed E-state index contributed by atoms with van der Waals surface area (Å²) in [7, 11) is 0. The molecule has 0 unspecified atom stereocenters. The fraction of sp³-hybridized carbons (Fsp3) is 0.318. The highest BCUT2D eigenvalue weighted by Gasteiger charge is 2.12. The van der Waals surface area contributed by atoms with Crippen LogP contribution < -0.4 is 10.6 Å². The third kappa shape index (κ3) is 7.23. The Bertz CT molecular complexity index is 805. The molecule has 2 amide bonds. The zero-order valence-electron chi connectivity index (χ0n) is 16.2. The van der Waals surface area contributed by atoms with Crippen LogP contribution in [0.2, 0.25) is 0 Å². The molecule has 6 nitrogen and oxygen atoms in total. The highest BCUT2D eigenvalue weighted by molar-refractivity contribution is 5.91. The second-order valence-corrected chi connectivity index (χ2v) is 6.58. The highest BCUT2D eigenvalue weighted by Crippen LogP contribution is 2.14. The fourth-order valence-electron chi connectivity index (χ4n) is 2.65. The van der Waals surface area contributed by atoms with Gasteiger partial charge in [-0.3, -0.25) is 14.4 Å². The summed E-state index contributed by atoms with van der Waals surface area (Å²) in [5.41, 5.74) is 2.71. The number of para-hydroxylation sites is 1. The van der Waals surface area contributed by atoms with Crippen molar-refractivity contribution in [3.8, 4) is 0 Å². The van der Waals surface area contributed by atoms with Crippen molar-refractivity contribution in [2.45, 2.75) is 39.2 Å². The Balaban J connectivity index is 1.62. The van der Waals surface area contributed by atoms with Crippen LogP contribution >= 0.6 is 0 Å². The molecule has 0 saturated heterocycles. The van der Waals surface area contributed by atoms with Crippen LogP contribution in [0.5, 0.6) is 0 Å². The molecule has 0 fully saturated rings. The minimum Gasteiger partial charge on any atom is -0.456 e. The molecule has 148 valence electrons. The lowest BCUT2D eigenvalue weighted by atomic mass is 10.1. The summed E-state index contributed by atoms with van der Waals surface area (Å²) in [4.78, 5) is 35.6. The number of nitrogens with one attached hydrogen (secondary N) is 2. The number of amides is 2. The van der Waals surface area contributed by atoms with Gasteiger partial charge in [0.2, 0.25) is 5.91 Å². The number of carbonyl (C=O) groups excluding carboxylic acids is 3. The maximum Gasteiger partial charge on any atom is 0.306 e. The van der Waals surface area contributed by atoms with Crippen LogP contribution in [0.25, 0.3) is 0 Å². The maximum absolute atomic E-state index is 11.9. The van der Waals surface area contributed by atoms with E-state index in [-0.39, 0.29) is 37.3 Å². The molecule has 2 aromatic carbocycles. The van der Waals surface area contributed by atoms with Crippen LogP contribution in [0.1, 0.15) is 43.4 Å². The third-order valence-corrected chi connectivity index (χ3v) is 4.25. The van der Waals surface area contributed by atoms with Crippen molar-refractivity contribution >= 4 is 23.5 Å². The zero-order chi connectivity index (χ0) is 20.4. The monoisotopic (exact) mass is 382 g/mol. The van der Waals surface area contributed by atoms with Crippen molar-refractivity contribution in [2.75, 3.05) is 11.9 Å². The number of carbonyl (C=O) groups is 3. The molecule has 0 aliphatic carbocycles. The molecule has 0 radical (unpaired) electrons. The zero-order valence-corrected chi connectivity index (χ0v) is 16.2. The van der Waals surface area contributed by atoms with Crippen molar-refractivity contribution in [3.05, 3.63) is 65.7 Å². The van der Waals surface area contributed by atoms with E-state index in [0.29, 0.717) is 6.42 Å². The van der Waals surface area contributed by atoms with Gasteiger partial charge in [0, 0.05) is 18.5 Å². The molecule has 1 atom stereocenters. The first-order valence-corrected chi connectivity index (χ1v) is 9.31. The summed E-state index contributed by atoms with van der Waals surface area (Å²) in [6, 6.07) is 16.9. The molecule has 0 bridgehead atoms. The van der Waals surface area contributed by atoms with E-state index in [1.807, 2.05) is 68.4 Å². The van der Waals surface area contributed by atoms with Gasteiger partial charge in [-0.05, 0) is 37.5 Å². The van der Waals surface area contributed by atoms with E-state index in [4.69, 9.17) is 4.74 Å². The molecule has 28 heavy (non-hydrogen) atoms. The molecule has 0 aliphatic heterocycles. The van der Waals surface area contributed by atoms with Crippen LogP contribution in [0, 0.1) is 6.92 Å². The average Bonchev–Trinajstić information content (AvgIpc) is 2.69. The Morgan fingerprint density at radius 1 is 0.929 bits per heavy atom. The minimum atomic E-state index is -0.494. The Morgan fingerprint density at radius 3 is 2.32 bits per heavy atom. The molecule has 0 spiro atoms. The van der Waals surface area contributed by atoms with Crippen LogP contribution in [0.15, 0.2) is 54.6 Å². The van der Waals surface area contributed by atoms with Gasteiger partial charge in [0.1, 0.15) is 0 Å². The van der Waals surface area contributed by atoms with Crippen LogP contribution in [0.3, 0.4) is 0 Å². The lowest BCUT2D eigenvalue weighted by Crippen LogP contribution is -2.31. The van der Waals surface area contributed by atoms with Crippen molar-refractivity contribution < 1.29 is 19.1 Å². The molecule has 2 aromatic rings. The summed E-state index contributed by atoms with van der Waals surface area (Å²) in [5.74, 6) is -1.01. The third-order valence-electron chi connectivity index (χ3n) is 4.25. The number of ether oxygens (including phenoxy) is 1. The molecular weight excluding hydrogens is 356 g/mol. The lowest BCUT2D eigenvalue weighted by Gasteiger charge is -2.14. The van der Waals surface area contributed by atoms with Crippen LogP contribution in [-0.2, 0) is 19.1 Å². The molecule has 0 heterocycles. The standard InChI is InChI=1S/C22H26N2O4/c1-16-9-6-7-12-19(16)24-20(25)13-8-14-22(27)28-15-21(26)23-17(2)18-10-4-3-5-11-18/h3-7,9-12,17H,8,13-15H2,1-2H3,(H,23,26)(H,24,25)/t17-/m0/s1. The molecule has 6 heteroatoms. The normalized spacial score (nSPS) is 11.4. The average molecular weight is 382 g/mol. The van der Waals surface area contributed by atoms with E-state index < -0.39 is 5.97 Å². The Morgan fingerprint density at radius 2 is 1.61 bits per heavy atom. The van der Waals surface area contributed by atoms with Crippen molar-refractivity contribution in [1.82, 2.24) is 5.32 Å². The summed E-state index contributed by atoms with van der Waals surface area (Å²) in [6.07, 6.45) is 0.655. The van der Waals surface area contributed by atoms with E-state index >= 15 is 0 Å². The summed E-state index contributed by atoms with van der Waals surface area (Å²) in [6.45, 7) is 3.45. The molecule has 2 N–H and O–H groups in total. The van der Waals surface area contributed by atoms with Gasteiger partial charge in [0.25, 0.3) is 5.91 Å². The number of benzene rings is 2. The van der Waals surface area contributed by atoms with Crippen LogP contribution in [-0.4, -0.2) is 24.4 Å². The lowest BCUT2D eigenvalue weighted by molar-refractivity contribution is -0.148. The SMILES string of the molecule is Cc1ccccc1NC(=O)CCCC(=O)OCC(=O)N[C@@H](C)c1ccccc1. The predicted molar refractivity (Wildman–Crippen MR) is 108 cm³/mol. The number of anilines is 1. The predicted octanol–water partition coefficient (Wildman–Crippen LogP) is 3.52. The second kappa shape index (κ2) is 10.9. The van der Waals surface area contributed by atoms with Gasteiger partial charge in [-0.2, -0.15) is 0 Å². The van der Waals surface area contributed by atoms with Crippen molar-refractivity contribution in [1.29, 1.82) is 0 Å². The number of aryl methyl sites for hydroxylation is 1. The van der Waals surface area contributed by atoms with Gasteiger partial charge in [-0.1, -0.05) is 48.5 Å². The highest BCUT2D eigenvalue weighted by atomic mass is 16.5. The Kier molecular flexibility index (Phi) is 8.21. The minimum absolute atomic E-state index is 0.0860. The largest absolute Gasteiger partial charge is 0.456 e. The second-order valence-electron chi connectivity index (χ2n) is 6.58. The summed E-state index contributed by atoms with van der Waals surface area (Å²) < 4.78 is 4.98. The number of rotatable bonds is 9. The summed E-state index contributed by atoms with van der Waals surface area (Å²) >= 11 is 0. The van der Waals surface area contributed by atoms with Gasteiger partial charge in [0.05, 0.1) is 6.04 Å². The molecule has 0 aromatic heterocycles. The quantitative estimate of drug-likeness (QED) is 0.650. The first-order chi connectivity index (χ1) is 13.5. The number of hydrogen-bond donors (Lipinski definition) is 2. The van der Waals surface area contributed by atoms with E-state index in [9.17, 15) is 14.4 Å². The topological polar surface area (TPSA) is 84.5 Å². The van der Waals surface area contributed by atoms with Gasteiger partial charge in [-0.15, -0.1) is 0 Å². The molecule has 0 aliphatic rings. The Labute approximate surface area is 165 Å². The fourth-order valence-corrected chi connectivity index (χ4v) is 2.65. The van der Waals surface area contributed by atoms with E-state index in [0.717, 1.165) is 16.8 Å². The number of hydrogen-bond acceptors (Lipinski definition) is 4. The maximum atomic E-state index is 11.9. The van der Waals surface area contributed by atoms with E-state index in [2.05, 4.69) is 10.6 Å². The summed E-state index contributed by atoms with van der Waals surface area (Å²) in [5, 5.41) is 5.59. The van der Waals surface area contributed by atoms with Crippen molar-refractivity contribution in [2.24, 2.45) is 0 Å². The molecule has 0 saturated carbocycles. The molecular formula is C22H26N2O4. The number of esters is 1. The van der Waals surface area contributed by atoms with Gasteiger partial charge in [0.15, 0.2) is 6.61 Å². The van der Waals surface area contributed by atoms with E-state index in [1.165, 1.54) is 0 Å². The first-order valence-electron chi connectivity index (χ1n) is 9.31. The smallest absolute Gasteiger partial charge is 0.306 e. The van der Waals surface area contributed by atoms with Gasteiger partial charge < -0.3 is 15.4 Å².